The van der Waals surface area contributed by atoms with E-state index in [1.54, 1.807) is 0 Å². The first-order valence-electron chi connectivity index (χ1n) is 27.1. The Morgan fingerprint density at radius 2 is 0.789 bits per heavy atom. The van der Waals surface area contributed by atoms with Gasteiger partial charge in [0.15, 0.2) is 5.58 Å². The van der Waals surface area contributed by atoms with Crippen molar-refractivity contribution in [1.29, 1.82) is 0 Å². The molecule has 11 aromatic carbocycles. The van der Waals surface area contributed by atoms with Crippen molar-refractivity contribution in [2.45, 2.75) is 63.2 Å². The van der Waals surface area contributed by atoms with Crippen molar-refractivity contribution in [3.05, 3.63) is 280 Å². The van der Waals surface area contributed by atoms with E-state index >= 15 is 0 Å². The third-order valence-corrected chi connectivity index (χ3v) is 18.0. The van der Waals surface area contributed by atoms with Gasteiger partial charge in [0.2, 0.25) is 0 Å². The van der Waals surface area contributed by atoms with E-state index in [-0.39, 0.29) is 10.8 Å². The third-order valence-electron chi connectivity index (χ3n) is 18.0. The van der Waals surface area contributed by atoms with E-state index in [9.17, 15) is 0 Å². The van der Waals surface area contributed by atoms with Gasteiger partial charge in [0.1, 0.15) is 5.58 Å². The molecule has 0 radical (unpaired) electrons. The molecule has 0 saturated heterocycles. The molecule has 1 aromatic heterocycles. The predicted octanol–water partition coefficient (Wildman–Crippen LogP) is 19.5. The molecule has 76 heavy (non-hydrogen) atoms. The average molecular weight is 974 g/mol. The highest BCUT2D eigenvalue weighted by Crippen LogP contribution is 2.67. The molecule has 0 N–H and O–H groups in total. The van der Waals surface area contributed by atoms with Crippen molar-refractivity contribution in [2.24, 2.45) is 0 Å². The number of hydrogen-bond donors (Lipinski definition) is 0. The molecule has 0 amide bonds. The number of hydrogen-bond acceptors (Lipinski definition) is 2. The second-order valence-corrected chi connectivity index (χ2v) is 23.9. The van der Waals surface area contributed by atoms with Gasteiger partial charge in [0.05, 0.1) is 22.2 Å². The lowest BCUT2D eigenvalue weighted by atomic mass is 9.69. The summed E-state index contributed by atoms with van der Waals surface area (Å²) in [6, 6.07) is 85.7. The fourth-order valence-electron chi connectivity index (χ4n) is 14.7. The minimum absolute atomic E-state index is 0.0554. The minimum Gasteiger partial charge on any atom is -0.454 e. The van der Waals surface area contributed by atoms with Gasteiger partial charge >= 0.3 is 0 Å². The molecule has 2 spiro atoms. The second-order valence-electron chi connectivity index (χ2n) is 23.9. The van der Waals surface area contributed by atoms with E-state index in [0.29, 0.717) is 0 Å². The average Bonchev–Trinajstić information content (AvgIpc) is 4.27. The smallest absolute Gasteiger partial charge is 0.160 e. The molecule has 362 valence electrons. The van der Waals surface area contributed by atoms with Crippen LogP contribution in [0.5, 0.6) is 0 Å². The molecule has 0 saturated carbocycles. The van der Waals surface area contributed by atoms with Crippen LogP contribution >= 0.6 is 0 Å². The van der Waals surface area contributed by atoms with Crippen LogP contribution in [-0.4, -0.2) is 0 Å². The zero-order valence-corrected chi connectivity index (χ0v) is 43.7. The van der Waals surface area contributed by atoms with Gasteiger partial charge < -0.3 is 9.32 Å². The summed E-state index contributed by atoms with van der Waals surface area (Å²) < 4.78 is 7.27. The molecule has 0 bridgehead atoms. The zero-order chi connectivity index (χ0) is 51.0. The molecule has 2 nitrogen and oxygen atoms in total. The molecule has 0 fully saturated rings. The van der Waals surface area contributed by atoms with Crippen molar-refractivity contribution in [1.82, 2.24) is 0 Å². The maximum atomic E-state index is 7.27. The summed E-state index contributed by atoms with van der Waals surface area (Å²) in [5, 5.41) is 4.59. The molecule has 1 heterocycles. The quantitative estimate of drug-likeness (QED) is 0.175. The molecular formula is C74H55NO. The lowest BCUT2D eigenvalue weighted by Crippen LogP contribution is -2.27. The summed E-state index contributed by atoms with van der Waals surface area (Å²) in [6.07, 6.45) is 0. The predicted molar refractivity (Wildman–Crippen MR) is 316 cm³/mol. The van der Waals surface area contributed by atoms with E-state index in [0.717, 1.165) is 44.4 Å². The van der Waals surface area contributed by atoms with Gasteiger partial charge in [-0.05, 0) is 147 Å². The van der Waals surface area contributed by atoms with Crippen LogP contribution in [0.4, 0.5) is 17.1 Å². The standard InChI is InChI=1S/C74H55NO/c1-71(2,3)45-34-37-52-53-38-35-46(72(4,5)6)42-63(53)74(62(52)41-45)60-30-17-12-25-55(60)69-61(74)31-19-32-65(69)75(66-40-44-20-7-8-21-48(44)68-56-26-13-18-33-67(56)76-70(66)68)47-36-39-54-51-24-11-16-29-59(51)73(64(54)43-47)57-27-14-9-22-49(57)50-23-10-15-28-58(50)73/h7-43H,1-6H3. The van der Waals surface area contributed by atoms with Crippen molar-refractivity contribution in [3.63, 3.8) is 0 Å². The number of anilines is 3. The number of furan rings is 1. The summed E-state index contributed by atoms with van der Waals surface area (Å²) in [5.41, 5.74) is 27.3. The Bertz CT molecular complexity index is 4380. The van der Waals surface area contributed by atoms with Gasteiger partial charge in [-0.25, -0.2) is 0 Å². The van der Waals surface area contributed by atoms with E-state index in [1.807, 2.05) is 0 Å². The van der Waals surface area contributed by atoms with Crippen LogP contribution in [0.25, 0.3) is 77.2 Å². The first-order valence-corrected chi connectivity index (χ1v) is 27.1. The fourth-order valence-corrected chi connectivity index (χ4v) is 14.7. The first-order chi connectivity index (χ1) is 37.0. The lowest BCUT2D eigenvalue weighted by Gasteiger charge is -2.34. The number of rotatable bonds is 3. The maximum Gasteiger partial charge on any atom is 0.160 e. The summed E-state index contributed by atoms with van der Waals surface area (Å²) in [4.78, 5) is 2.57. The largest absolute Gasteiger partial charge is 0.454 e. The Kier molecular flexibility index (Phi) is 8.61. The summed E-state index contributed by atoms with van der Waals surface area (Å²) in [6.45, 7) is 14.1. The van der Waals surface area contributed by atoms with Crippen LogP contribution in [0.3, 0.4) is 0 Å². The van der Waals surface area contributed by atoms with Crippen molar-refractivity contribution < 1.29 is 4.42 Å². The Balaban J connectivity index is 1.05. The molecule has 4 aliphatic rings. The Labute approximate surface area is 444 Å². The molecule has 0 aliphatic heterocycles. The van der Waals surface area contributed by atoms with Crippen molar-refractivity contribution in [3.8, 4) is 44.5 Å². The van der Waals surface area contributed by atoms with Crippen LogP contribution < -0.4 is 4.90 Å². The summed E-state index contributed by atoms with van der Waals surface area (Å²) in [7, 11) is 0. The molecule has 2 heteroatoms. The van der Waals surface area contributed by atoms with Crippen molar-refractivity contribution in [2.75, 3.05) is 4.90 Å². The normalized spacial score (nSPS) is 14.7. The topological polar surface area (TPSA) is 16.4 Å². The second kappa shape index (κ2) is 15.0. The lowest BCUT2D eigenvalue weighted by molar-refractivity contribution is 0.586. The minimum atomic E-state index is -0.584. The van der Waals surface area contributed by atoms with Crippen LogP contribution in [0.2, 0.25) is 0 Å². The van der Waals surface area contributed by atoms with E-state index in [1.165, 1.54) is 106 Å². The van der Waals surface area contributed by atoms with Gasteiger partial charge in [0.25, 0.3) is 0 Å². The van der Waals surface area contributed by atoms with Gasteiger partial charge in [0, 0.05) is 22.0 Å². The Morgan fingerprint density at radius 1 is 0.342 bits per heavy atom. The monoisotopic (exact) mass is 973 g/mol. The van der Waals surface area contributed by atoms with Crippen LogP contribution in [0.15, 0.2) is 229 Å². The number of para-hydroxylation sites is 1. The van der Waals surface area contributed by atoms with Gasteiger partial charge in [-0.15, -0.1) is 0 Å². The third kappa shape index (κ3) is 5.46. The number of fused-ring (bicyclic) bond motifs is 25. The van der Waals surface area contributed by atoms with Gasteiger partial charge in [-0.3, -0.25) is 0 Å². The van der Waals surface area contributed by atoms with E-state index < -0.39 is 10.8 Å². The highest BCUT2D eigenvalue weighted by molar-refractivity contribution is 6.23. The van der Waals surface area contributed by atoms with Crippen LogP contribution in [0, 0.1) is 0 Å². The van der Waals surface area contributed by atoms with Crippen molar-refractivity contribution >= 4 is 49.8 Å². The van der Waals surface area contributed by atoms with Crippen LogP contribution in [0.1, 0.15) is 97.2 Å². The van der Waals surface area contributed by atoms with E-state index in [2.05, 4.69) is 271 Å². The molecule has 0 atom stereocenters. The van der Waals surface area contributed by atoms with Gasteiger partial charge in [-0.2, -0.15) is 0 Å². The Morgan fingerprint density at radius 3 is 1.38 bits per heavy atom. The molecule has 12 aromatic rings. The summed E-state index contributed by atoms with van der Waals surface area (Å²) >= 11 is 0. The van der Waals surface area contributed by atoms with E-state index in [4.69, 9.17) is 4.42 Å². The highest BCUT2D eigenvalue weighted by Gasteiger charge is 2.54. The highest BCUT2D eigenvalue weighted by atomic mass is 16.3. The Hall–Kier alpha value is -8.72. The summed E-state index contributed by atoms with van der Waals surface area (Å²) in [5.74, 6) is 0. The zero-order valence-electron chi connectivity index (χ0n) is 43.7. The molecular weight excluding hydrogens is 919 g/mol. The fraction of sp³-hybridized carbons (Fsp3) is 0.135. The molecule has 0 unspecified atom stereocenters. The van der Waals surface area contributed by atoms with Gasteiger partial charge in [-0.1, -0.05) is 236 Å². The number of benzene rings is 11. The first kappa shape index (κ1) is 43.7. The maximum absolute atomic E-state index is 7.27. The number of nitrogens with zero attached hydrogens (tertiary/aromatic N) is 1. The van der Waals surface area contributed by atoms with Crippen LogP contribution in [-0.2, 0) is 21.7 Å². The molecule has 4 aliphatic carbocycles. The SMILES string of the molecule is CC(C)(C)c1ccc2c(c1)C1(c3cc(C(C)(C)C)ccc3-2)c2ccccc2-c2c(N(c3ccc4c(c3)C3(c5ccccc5-c5ccccc53)c3ccccc3-4)c3cc4ccccc4c4c3oc3ccccc34)cccc21. The molecule has 16 rings (SSSR count).